The Labute approximate surface area is 135 Å². The second-order valence-electron chi connectivity index (χ2n) is 5.54. The Morgan fingerprint density at radius 3 is 2.05 bits per heavy atom. The number of nitrogens with two attached hydrogens (primary N) is 1. The number of aliphatic hydroxyl groups is 1. The molecule has 4 atom stereocenters. The molecule has 0 aliphatic heterocycles. The zero-order valence-electron chi connectivity index (χ0n) is 12.9. The Kier molecular flexibility index (Phi) is 9.07. The lowest BCUT2D eigenvalue weighted by molar-refractivity contribution is -0.142. The van der Waals surface area contributed by atoms with Crippen LogP contribution in [0.2, 0.25) is 0 Å². The van der Waals surface area contributed by atoms with Crippen molar-refractivity contribution in [1.29, 1.82) is 0 Å². The number of carbonyl (C=O) groups is 3. The van der Waals surface area contributed by atoms with Gasteiger partial charge in [-0.25, -0.2) is 4.79 Å². The van der Waals surface area contributed by atoms with Gasteiger partial charge in [0.15, 0.2) is 0 Å². The Hall–Kier alpha value is -1.32. The van der Waals surface area contributed by atoms with Crippen LogP contribution in [0, 0.1) is 5.92 Å². The molecule has 0 aliphatic rings. The molecule has 0 fully saturated rings. The monoisotopic (exact) mass is 335 g/mol. The van der Waals surface area contributed by atoms with Crippen LogP contribution < -0.4 is 16.4 Å². The maximum Gasteiger partial charge on any atom is 0.327 e. The second-order valence-corrected chi connectivity index (χ2v) is 5.91. The van der Waals surface area contributed by atoms with Crippen molar-refractivity contribution in [2.45, 2.75) is 51.4 Å². The lowest BCUT2D eigenvalue weighted by Gasteiger charge is -2.24. The van der Waals surface area contributed by atoms with Gasteiger partial charge in [-0.2, -0.15) is 12.6 Å². The summed E-state index contributed by atoms with van der Waals surface area (Å²) in [6.45, 7) is 5.11. The van der Waals surface area contributed by atoms with Crippen LogP contribution in [-0.4, -0.2) is 58.0 Å². The summed E-state index contributed by atoms with van der Waals surface area (Å²) in [5, 5.41) is 23.1. The largest absolute Gasteiger partial charge is 0.480 e. The summed E-state index contributed by atoms with van der Waals surface area (Å²) in [5.74, 6) is -2.56. The van der Waals surface area contributed by atoms with Crippen LogP contribution in [0.5, 0.6) is 0 Å². The van der Waals surface area contributed by atoms with Crippen molar-refractivity contribution in [3.63, 3.8) is 0 Å². The predicted molar refractivity (Wildman–Crippen MR) is 84.5 cm³/mol. The van der Waals surface area contributed by atoms with Crippen molar-refractivity contribution in [3.05, 3.63) is 0 Å². The van der Waals surface area contributed by atoms with Gasteiger partial charge in [-0.05, 0) is 19.3 Å². The third kappa shape index (κ3) is 7.10. The second kappa shape index (κ2) is 9.65. The van der Waals surface area contributed by atoms with Crippen LogP contribution in [0.1, 0.15) is 27.2 Å². The molecule has 128 valence electrons. The number of amides is 2. The van der Waals surface area contributed by atoms with Crippen LogP contribution in [0.4, 0.5) is 0 Å². The first kappa shape index (κ1) is 20.7. The Balaban J connectivity index is 4.82. The molecular weight excluding hydrogens is 310 g/mol. The summed E-state index contributed by atoms with van der Waals surface area (Å²) in [6.07, 6.45) is -0.779. The third-order valence-corrected chi connectivity index (χ3v) is 3.29. The number of carboxylic acids is 1. The molecule has 9 heteroatoms. The van der Waals surface area contributed by atoms with E-state index in [1.165, 1.54) is 6.92 Å². The Bertz CT molecular complexity index is 403. The molecule has 0 aromatic heterocycles. The number of aliphatic carboxylic acids is 1. The minimum Gasteiger partial charge on any atom is -0.480 e. The van der Waals surface area contributed by atoms with E-state index in [9.17, 15) is 19.5 Å². The summed E-state index contributed by atoms with van der Waals surface area (Å²) < 4.78 is 0. The first-order valence-electron chi connectivity index (χ1n) is 6.98. The summed E-state index contributed by atoms with van der Waals surface area (Å²) in [5.41, 5.74) is 5.71. The lowest BCUT2D eigenvalue weighted by atomic mass is 10.0. The molecule has 0 saturated heterocycles. The quantitative estimate of drug-likeness (QED) is 0.290. The maximum atomic E-state index is 12.0. The highest BCUT2D eigenvalue weighted by molar-refractivity contribution is 7.80. The van der Waals surface area contributed by atoms with Crippen LogP contribution >= 0.6 is 12.6 Å². The van der Waals surface area contributed by atoms with E-state index in [4.69, 9.17) is 10.8 Å². The highest BCUT2D eigenvalue weighted by atomic mass is 32.1. The van der Waals surface area contributed by atoms with Crippen molar-refractivity contribution < 1.29 is 24.6 Å². The molecule has 0 spiro atoms. The summed E-state index contributed by atoms with van der Waals surface area (Å²) >= 11 is 3.82. The van der Waals surface area contributed by atoms with Crippen LogP contribution in [0.25, 0.3) is 0 Å². The SMILES string of the molecule is CC(C)CC(N)C(=O)NC(C(=O)NC(CS)C(=O)O)C(C)O. The number of thiol groups is 1. The van der Waals surface area contributed by atoms with E-state index in [1.807, 2.05) is 13.8 Å². The van der Waals surface area contributed by atoms with Gasteiger partial charge in [-0.1, -0.05) is 13.8 Å². The molecule has 8 nitrogen and oxygen atoms in total. The van der Waals surface area contributed by atoms with E-state index < -0.39 is 42.0 Å². The Morgan fingerprint density at radius 1 is 1.14 bits per heavy atom. The fourth-order valence-corrected chi connectivity index (χ4v) is 1.97. The third-order valence-electron chi connectivity index (χ3n) is 2.92. The molecule has 0 rings (SSSR count). The van der Waals surface area contributed by atoms with Crippen molar-refractivity contribution >= 4 is 30.4 Å². The highest BCUT2D eigenvalue weighted by Gasteiger charge is 2.30. The molecule has 0 saturated carbocycles. The molecule has 0 aromatic carbocycles. The molecule has 0 radical (unpaired) electrons. The van der Waals surface area contributed by atoms with E-state index in [2.05, 4.69) is 23.3 Å². The summed E-state index contributed by atoms with van der Waals surface area (Å²) in [7, 11) is 0. The normalized spacial score (nSPS) is 16.5. The molecule has 0 heterocycles. The zero-order chi connectivity index (χ0) is 17.4. The fourth-order valence-electron chi connectivity index (χ4n) is 1.73. The van der Waals surface area contributed by atoms with Crippen LogP contribution in [-0.2, 0) is 14.4 Å². The van der Waals surface area contributed by atoms with Gasteiger partial charge >= 0.3 is 5.97 Å². The number of hydrogen-bond donors (Lipinski definition) is 6. The number of carbonyl (C=O) groups excluding carboxylic acids is 2. The number of aliphatic hydroxyl groups excluding tert-OH is 1. The van der Waals surface area contributed by atoms with Gasteiger partial charge in [-0.15, -0.1) is 0 Å². The maximum absolute atomic E-state index is 12.0. The molecule has 0 bridgehead atoms. The minimum atomic E-state index is -1.28. The molecule has 22 heavy (non-hydrogen) atoms. The predicted octanol–water partition coefficient (Wildman–Crippen LogP) is -1.28. The number of nitrogens with one attached hydrogen (secondary N) is 2. The van der Waals surface area contributed by atoms with Crippen LogP contribution in [0.3, 0.4) is 0 Å². The standard InChI is InChI=1S/C13H25N3O5S/c1-6(2)4-8(14)11(18)16-10(7(3)17)12(19)15-9(5-22)13(20)21/h6-10,17,22H,4-5,14H2,1-3H3,(H,15,19)(H,16,18)(H,20,21). The average molecular weight is 335 g/mol. The van der Waals surface area contributed by atoms with E-state index in [0.29, 0.717) is 6.42 Å². The first-order valence-corrected chi connectivity index (χ1v) is 7.61. The molecule has 4 unspecified atom stereocenters. The summed E-state index contributed by atoms with van der Waals surface area (Å²) in [4.78, 5) is 34.8. The molecule has 0 aliphatic carbocycles. The van der Waals surface area contributed by atoms with Crippen molar-refractivity contribution in [3.8, 4) is 0 Å². The van der Waals surface area contributed by atoms with Crippen LogP contribution in [0.15, 0.2) is 0 Å². The topological polar surface area (TPSA) is 142 Å². The van der Waals surface area contributed by atoms with Gasteiger partial charge in [0.05, 0.1) is 12.1 Å². The molecule has 2 amide bonds. The van der Waals surface area contributed by atoms with E-state index in [-0.39, 0.29) is 11.7 Å². The van der Waals surface area contributed by atoms with Gasteiger partial charge in [0.1, 0.15) is 12.1 Å². The van der Waals surface area contributed by atoms with Gasteiger partial charge in [0, 0.05) is 5.75 Å². The lowest BCUT2D eigenvalue weighted by Crippen LogP contribution is -2.58. The first-order chi connectivity index (χ1) is 10.1. The van der Waals surface area contributed by atoms with E-state index in [0.717, 1.165) is 0 Å². The van der Waals surface area contributed by atoms with Crippen molar-refractivity contribution in [1.82, 2.24) is 10.6 Å². The van der Waals surface area contributed by atoms with Crippen molar-refractivity contribution in [2.75, 3.05) is 5.75 Å². The van der Waals surface area contributed by atoms with Gasteiger partial charge in [0.2, 0.25) is 11.8 Å². The van der Waals surface area contributed by atoms with E-state index in [1.54, 1.807) is 0 Å². The number of rotatable bonds is 9. The fraction of sp³-hybridized carbons (Fsp3) is 0.769. The van der Waals surface area contributed by atoms with Gasteiger partial charge in [-0.3, -0.25) is 9.59 Å². The van der Waals surface area contributed by atoms with Gasteiger partial charge in [0.25, 0.3) is 0 Å². The smallest absolute Gasteiger partial charge is 0.327 e. The Morgan fingerprint density at radius 2 is 1.68 bits per heavy atom. The molecule has 6 N–H and O–H groups in total. The highest BCUT2D eigenvalue weighted by Crippen LogP contribution is 2.04. The molecule has 0 aromatic rings. The molecular formula is C13H25N3O5S. The van der Waals surface area contributed by atoms with E-state index >= 15 is 0 Å². The average Bonchev–Trinajstić information content (AvgIpc) is 2.39. The zero-order valence-corrected chi connectivity index (χ0v) is 13.8. The number of hydrogen-bond acceptors (Lipinski definition) is 6. The van der Waals surface area contributed by atoms with Crippen molar-refractivity contribution in [2.24, 2.45) is 11.7 Å². The number of carboxylic acid groups (broad SMARTS) is 1. The summed E-state index contributed by atoms with van der Waals surface area (Å²) in [6, 6.07) is -3.31. The van der Waals surface area contributed by atoms with Gasteiger partial charge < -0.3 is 26.6 Å². The minimum absolute atomic E-state index is 0.117.